The van der Waals surface area contributed by atoms with Crippen LogP contribution in [-0.4, -0.2) is 33.6 Å². The number of amides is 1. The molecule has 24 heavy (non-hydrogen) atoms. The summed E-state index contributed by atoms with van der Waals surface area (Å²) in [7, 11) is 0. The van der Waals surface area contributed by atoms with Gasteiger partial charge in [-0.15, -0.1) is 0 Å². The van der Waals surface area contributed by atoms with Gasteiger partial charge in [0.15, 0.2) is 6.61 Å². The van der Waals surface area contributed by atoms with Crippen LogP contribution >= 0.6 is 0 Å². The monoisotopic (exact) mass is 340 g/mol. The summed E-state index contributed by atoms with van der Waals surface area (Å²) in [5, 5.41) is 2.71. The normalized spacial score (nSPS) is 12.5. The average molecular weight is 340 g/mol. The number of aryl methyl sites for hydroxylation is 1. The number of hydrogen-bond donors (Lipinski definition) is 1. The molecule has 0 saturated heterocycles. The summed E-state index contributed by atoms with van der Waals surface area (Å²) >= 11 is 0. The molecule has 1 N–H and O–H groups in total. The van der Waals surface area contributed by atoms with Gasteiger partial charge < -0.3 is 10.1 Å². The Hall–Kier alpha value is -2.71. The second-order valence-corrected chi connectivity index (χ2v) is 5.07. The Morgan fingerprint density at radius 1 is 1.29 bits per heavy atom. The number of aromatic nitrogens is 3. The summed E-state index contributed by atoms with van der Waals surface area (Å²) in [6, 6.07) is 2.44. The third-order valence-corrected chi connectivity index (χ3v) is 2.98. The van der Waals surface area contributed by atoms with E-state index < -0.39 is 24.7 Å². The zero-order valence-corrected chi connectivity index (χ0v) is 13.0. The van der Waals surface area contributed by atoms with Gasteiger partial charge in [0, 0.05) is 18.5 Å². The van der Waals surface area contributed by atoms with Crippen molar-refractivity contribution < 1.29 is 22.7 Å². The van der Waals surface area contributed by atoms with E-state index in [1.54, 1.807) is 13.8 Å². The zero-order valence-electron chi connectivity index (χ0n) is 13.0. The Morgan fingerprint density at radius 2 is 2.04 bits per heavy atom. The Morgan fingerprint density at radius 3 is 2.62 bits per heavy atom. The van der Waals surface area contributed by atoms with Crippen LogP contribution in [0.3, 0.4) is 0 Å². The number of halogens is 3. The largest absolute Gasteiger partial charge is 0.468 e. The number of rotatable bonds is 5. The fourth-order valence-corrected chi connectivity index (χ4v) is 1.82. The first-order chi connectivity index (χ1) is 11.2. The smallest absolute Gasteiger partial charge is 0.422 e. The molecule has 128 valence electrons. The Bertz CT molecular complexity index is 705. The van der Waals surface area contributed by atoms with Gasteiger partial charge in [-0.25, -0.2) is 9.97 Å². The highest BCUT2D eigenvalue weighted by Crippen LogP contribution is 2.19. The third kappa shape index (κ3) is 5.18. The van der Waals surface area contributed by atoms with Crippen LogP contribution in [0.15, 0.2) is 30.7 Å². The van der Waals surface area contributed by atoms with Crippen molar-refractivity contribution >= 4 is 5.91 Å². The van der Waals surface area contributed by atoms with Gasteiger partial charge >= 0.3 is 6.18 Å². The van der Waals surface area contributed by atoms with Crippen molar-refractivity contribution in [3.05, 3.63) is 47.7 Å². The van der Waals surface area contributed by atoms with Crippen molar-refractivity contribution in [1.82, 2.24) is 20.3 Å². The van der Waals surface area contributed by atoms with Gasteiger partial charge in [-0.05, 0) is 19.4 Å². The zero-order chi connectivity index (χ0) is 17.7. The molecule has 9 heteroatoms. The molecule has 0 aliphatic heterocycles. The van der Waals surface area contributed by atoms with Crippen LogP contribution < -0.4 is 10.1 Å². The van der Waals surface area contributed by atoms with Crippen molar-refractivity contribution in [2.45, 2.75) is 26.1 Å². The molecule has 6 nitrogen and oxygen atoms in total. The van der Waals surface area contributed by atoms with Gasteiger partial charge in [0.05, 0.1) is 17.9 Å². The molecule has 1 atom stereocenters. The van der Waals surface area contributed by atoms with Crippen LogP contribution in [0.1, 0.15) is 34.7 Å². The lowest BCUT2D eigenvalue weighted by molar-refractivity contribution is -0.154. The fourth-order valence-electron chi connectivity index (χ4n) is 1.82. The fraction of sp³-hybridized carbons (Fsp3) is 0.333. The predicted molar refractivity (Wildman–Crippen MR) is 78.4 cm³/mol. The van der Waals surface area contributed by atoms with E-state index in [9.17, 15) is 18.0 Å². The summed E-state index contributed by atoms with van der Waals surface area (Å²) in [4.78, 5) is 23.8. The van der Waals surface area contributed by atoms with Crippen LogP contribution in [-0.2, 0) is 0 Å². The van der Waals surface area contributed by atoms with E-state index in [2.05, 4.69) is 25.0 Å². The number of nitrogens with one attached hydrogen (secondary N) is 1. The lowest BCUT2D eigenvalue weighted by Crippen LogP contribution is -2.27. The van der Waals surface area contributed by atoms with E-state index in [1.165, 1.54) is 30.7 Å². The van der Waals surface area contributed by atoms with E-state index in [0.29, 0.717) is 11.3 Å². The van der Waals surface area contributed by atoms with E-state index >= 15 is 0 Å². The van der Waals surface area contributed by atoms with Gasteiger partial charge in [-0.3, -0.25) is 9.78 Å². The molecular weight excluding hydrogens is 325 g/mol. The number of pyridine rings is 1. The number of nitrogens with zero attached hydrogens (tertiary/aromatic N) is 3. The van der Waals surface area contributed by atoms with Crippen molar-refractivity contribution in [2.24, 2.45) is 0 Å². The van der Waals surface area contributed by atoms with Crippen LogP contribution in [0.2, 0.25) is 0 Å². The van der Waals surface area contributed by atoms with Crippen LogP contribution in [0.25, 0.3) is 0 Å². The summed E-state index contributed by atoms with van der Waals surface area (Å²) in [6.45, 7) is 2.03. The first-order valence-electron chi connectivity index (χ1n) is 6.99. The van der Waals surface area contributed by atoms with Crippen molar-refractivity contribution in [2.75, 3.05) is 6.61 Å². The molecular formula is C15H15F3N4O2. The summed E-state index contributed by atoms with van der Waals surface area (Å²) in [5.41, 5.74) is 1.41. The van der Waals surface area contributed by atoms with E-state index in [4.69, 9.17) is 0 Å². The molecule has 0 fully saturated rings. The Kier molecular flexibility index (Phi) is 5.32. The molecule has 2 rings (SSSR count). The third-order valence-electron chi connectivity index (χ3n) is 2.98. The number of carbonyl (C=O) groups excluding carboxylic acids is 1. The van der Waals surface area contributed by atoms with Crippen LogP contribution in [0.4, 0.5) is 13.2 Å². The molecule has 2 heterocycles. The highest BCUT2D eigenvalue weighted by Gasteiger charge is 2.28. The van der Waals surface area contributed by atoms with Gasteiger partial charge in [-0.2, -0.15) is 13.2 Å². The molecule has 0 saturated carbocycles. The summed E-state index contributed by atoms with van der Waals surface area (Å²) < 4.78 is 40.7. The Labute approximate surface area is 136 Å². The second kappa shape index (κ2) is 7.24. The maximum atomic E-state index is 12.1. The molecule has 0 spiro atoms. The maximum absolute atomic E-state index is 12.1. The van der Waals surface area contributed by atoms with Crippen molar-refractivity contribution in [3.8, 4) is 5.88 Å². The van der Waals surface area contributed by atoms with E-state index in [0.717, 1.165) is 0 Å². The molecule has 2 aromatic heterocycles. The number of carbonyl (C=O) groups is 1. The lowest BCUT2D eigenvalue weighted by atomic mass is 10.1. The Balaban J connectivity index is 1.97. The minimum absolute atomic E-state index is 0.140. The number of ether oxygens (including phenoxy) is 1. The molecule has 0 aromatic carbocycles. The highest BCUT2D eigenvalue weighted by molar-refractivity contribution is 5.92. The standard InChI is InChI=1S/C15H15F3N4O2/c1-9-5-19-7-12(21-9)14(23)22-10(2)11-3-4-13(20-6-11)24-8-15(16,17)18/h3-7,10H,8H2,1-2H3,(H,22,23). The van der Waals surface area contributed by atoms with Gasteiger partial charge in [0.1, 0.15) is 5.69 Å². The molecule has 2 aromatic rings. The summed E-state index contributed by atoms with van der Waals surface area (Å²) in [6.07, 6.45) is -0.194. The molecule has 1 amide bonds. The SMILES string of the molecule is Cc1cncc(C(=O)NC(C)c2ccc(OCC(F)(F)F)nc2)n1. The number of hydrogen-bond acceptors (Lipinski definition) is 5. The molecule has 0 radical (unpaired) electrons. The topological polar surface area (TPSA) is 77.0 Å². The number of alkyl halides is 3. The molecule has 0 aliphatic carbocycles. The van der Waals surface area contributed by atoms with E-state index in [-0.39, 0.29) is 11.6 Å². The van der Waals surface area contributed by atoms with Crippen LogP contribution in [0.5, 0.6) is 5.88 Å². The highest BCUT2D eigenvalue weighted by atomic mass is 19.4. The van der Waals surface area contributed by atoms with Gasteiger partial charge in [0.25, 0.3) is 5.91 Å². The minimum Gasteiger partial charge on any atom is -0.468 e. The molecule has 0 bridgehead atoms. The molecule has 1 unspecified atom stereocenters. The lowest BCUT2D eigenvalue weighted by Gasteiger charge is -2.14. The van der Waals surface area contributed by atoms with Crippen LogP contribution in [0, 0.1) is 6.92 Å². The second-order valence-electron chi connectivity index (χ2n) is 5.07. The van der Waals surface area contributed by atoms with Crippen molar-refractivity contribution in [3.63, 3.8) is 0 Å². The maximum Gasteiger partial charge on any atom is 0.422 e. The average Bonchev–Trinajstić information content (AvgIpc) is 2.52. The van der Waals surface area contributed by atoms with Gasteiger partial charge in [0.2, 0.25) is 5.88 Å². The van der Waals surface area contributed by atoms with Gasteiger partial charge in [-0.1, -0.05) is 6.07 Å². The first kappa shape index (κ1) is 17.6. The van der Waals surface area contributed by atoms with E-state index in [1.807, 2.05) is 0 Å². The quantitative estimate of drug-likeness (QED) is 0.905. The van der Waals surface area contributed by atoms with Crippen molar-refractivity contribution in [1.29, 1.82) is 0 Å². The minimum atomic E-state index is -4.42. The molecule has 0 aliphatic rings. The predicted octanol–water partition coefficient (Wildman–Crippen LogP) is 2.61. The first-order valence-corrected chi connectivity index (χ1v) is 6.99. The summed E-state index contributed by atoms with van der Waals surface area (Å²) in [5.74, 6) is -0.546.